The van der Waals surface area contributed by atoms with Crippen molar-refractivity contribution in [1.29, 1.82) is 0 Å². The smallest absolute Gasteiger partial charge is 0.133 e. The Labute approximate surface area is 131 Å². The van der Waals surface area contributed by atoms with E-state index in [0.717, 1.165) is 36.3 Å². The van der Waals surface area contributed by atoms with Crippen molar-refractivity contribution in [1.82, 2.24) is 0 Å². The van der Waals surface area contributed by atoms with Crippen molar-refractivity contribution in [2.45, 2.75) is 24.6 Å². The third-order valence-electron chi connectivity index (χ3n) is 3.80. The molecule has 2 aromatic rings. The lowest BCUT2D eigenvalue weighted by atomic mass is 9.97. The molecule has 0 radical (unpaired) electrons. The van der Waals surface area contributed by atoms with E-state index in [1.54, 1.807) is 6.92 Å². The Balaban J connectivity index is 2.03. The maximum atomic E-state index is 14.2. The van der Waals surface area contributed by atoms with Crippen molar-refractivity contribution in [3.63, 3.8) is 0 Å². The van der Waals surface area contributed by atoms with Gasteiger partial charge >= 0.3 is 0 Å². The summed E-state index contributed by atoms with van der Waals surface area (Å²) in [5.41, 5.74) is 2.43. The lowest BCUT2D eigenvalue weighted by molar-refractivity contribution is 0.288. The molecule has 1 aliphatic rings. The summed E-state index contributed by atoms with van der Waals surface area (Å²) < 4.78 is 33.8. The molecule has 0 saturated heterocycles. The molecular weight excluding hydrogens is 338 g/mol. The highest BCUT2D eigenvalue weighted by Gasteiger charge is 2.22. The van der Waals surface area contributed by atoms with Crippen LogP contribution in [0.5, 0.6) is 5.75 Å². The molecule has 0 bridgehead atoms. The first-order valence-electron chi connectivity index (χ1n) is 6.92. The molecule has 110 valence electrons. The first-order valence-corrected chi connectivity index (χ1v) is 7.83. The fourth-order valence-electron chi connectivity index (χ4n) is 2.62. The number of fused-ring (bicyclic) bond motifs is 1. The molecular formula is C17H15BrF2O. The van der Waals surface area contributed by atoms with E-state index in [0.29, 0.717) is 5.56 Å². The molecule has 0 N–H and O–H groups in total. The summed E-state index contributed by atoms with van der Waals surface area (Å²) in [7, 11) is 0. The van der Waals surface area contributed by atoms with E-state index in [2.05, 4.69) is 15.9 Å². The van der Waals surface area contributed by atoms with Gasteiger partial charge in [0.25, 0.3) is 0 Å². The summed E-state index contributed by atoms with van der Waals surface area (Å²) >= 11 is 3.44. The zero-order chi connectivity index (χ0) is 15.0. The van der Waals surface area contributed by atoms with Gasteiger partial charge in [0.05, 0.1) is 11.4 Å². The third-order valence-corrected chi connectivity index (χ3v) is 4.78. The Morgan fingerprint density at radius 2 is 2.00 bits per heavy atom. The molecule has 0 spiro atoms. The van der Waals surface area contributed by atoms with Gasteiger partial charge in [0.1, 0.15) is 17.4 Å². The van der Waals surface area contributed by atoms with Gasteiger partial charge in [-0.3, -0.25) is 0 Å². The van der Waals surface area contributed by atoms with E-state index in [9.17, 15) is 8.78 Å². The molecule has 1 aliphatic heterocycles. The zero-order valence-electron chi connectivity index (χ0n) is 11.6. The number of aryl methyl sites for hydroxylation is 2. The van der Waals surface area contributed by atoms with E-state index in [4.69, 9.17) is 4.74 Å². The summed E-state index contributed by atoms with van der Waals surface area (Å²) in [5.74, 6) is -0.158. The van der Waals surface area contributed by atoms with Gasteiger partial charge in [-0.25, -0.2) is 8.78 Å². The van der Waals surface area contributed by atoms with Gasteiger partial charge in [-0.15, -0.1) is 0 Å². The van der Waals surface area contributed by atoms with E-state index in [1.165, 1.54) is 12.1 Å². The number of hydrogen-bond donors (Lipinski definition) is 0. The molecule has 3 rings (SSSR count). The van der Waals surface area contributed by atoms with Crippen molar-refractivity contribution in [2.75, 3.05) is 6.61 Å². The maximum Gasteiger partial charge on any atom is 0.133 e. The number of rotatable bonds is 2. The van der Waals surface area contributed by atoms with E-state index in [1.807, 2.05) is 18.2 Å². The van der Waals surface area contributed by atoms with E-state index >= 15 is 0 Å². The van der Waals surface area contributed by atoms with E-state index in [-0.39, 0.29) is 5.56 Å². The number of benzene rings is 2. The predicted octanol–water partition coefficient (Wildman–Crippen LogP) is 5.08. The summed E-state index contributed by atoms with van der Waals surface area (Å²) in [6, 6.07) is 8.46. The van der Waals surface area contributed by atoms with Crippen LogP contribution in [-0.4, -0.2) is 6.61 Å². The maximum absolute atomic E-state index is 14.2. The van der Waals surface area contributed by atoms with Gasteiger partial charge in [0.15, 0.2) is 0 Å². The zero-order valence-corrected chi connectivity index (χ0v) is 13.2. The number of halogens is 3. The van der Waals surface area contributed by atoms with Crippen LogP contribution in [0.3, 0.4) is 0 Å². The van der Waals surface area contributed by atoms with Gasteiger partial charge in [-0.1, -0.05) is 34.1 Å². The van der Waals surface area contributed by atoms with E-state index < -0.39 is 16.5 Å². The van der Waals surface area contributed by atoms with Gasteiger partial charge in [-0.05, 0) is 48.6 Å². The van der Waals surface area contributed by atoms with Gasteiger partial charge in [-0.2, -0.15) is 0 Å². The highest BCUT2D eigenvalue weighted by atomic mass is 79.9. The molecule has 1 heterocycles. The SMILES string of the molecule is Cc1ccc(F)c(C(Br)c2ccc3c(c2)CCCO3)c1F. The summed E-state index contributed by atoms with van der Waals surface area (Å²) in [6.07, 6.45) is 1.90. The normalized spacial score (nSPS) is 15.2. The molecule has 1 nitrogen and oxygen atoms in total. The molecule has 4 heteroatoms. The van der Waals surface area contributed by atoms with Crippen LogP contribution in [-0.2, 0) is 6.42 Å². The highest BCUT2D eigenvalue weighted by molar-refractivity contribution is 9.09. The van der Waals surface area contributed by atoms with Crippen molar-refractivity contribution in [3.05, 3.63) is 64.2 Å². The molecule has 0 aromatic heterocycles. The average Bonchev–Trinajstić information content (AvgIpc) is 2.51. The highest BCUT2D eigenvalue weighted by Crippen LogP contribution is 2.37. The third kappa shape index (κ3) is 2.69. The minimum Gasteiger partial charge on any atom is -0.493 e. The van der Waals surface area contributed by atoms with Crippen LogP contribution in [0, 0.1) is 18.6 Å². The second-order valence-corrected chi connectivity index (χ2v) is 6.19. The molecule has 21 heavy (non-hydrogen) atoms. The molecule has 0 amide bonds. The van der Waals surface area contributed by atoms with Gasteiger partial charge in [0, 0.05) is 5.56 Å². The molecule has 2 aromatic carbocycles. The Kier molecular flexibility index (Phi) is 3.98. The molecule has 1 unspecified atom stereocenters. The number of alkyl halides is 1. The van der Waals surface area contributed by atoms with Crippen molar-refractivity contribution in [2.24, 2.45) is 0 Å². The quantitative estimate of drug-likeness (QED) is 0.684. The first-order chi connectivity index (χ1) is 10.1. The van der Waals surface area contributed by atoms with Crippen LogP contribution < -0.4 is 4.74 Å². The molecule has 0 fully saturated rings. The predicted molar refractivity (Wildman–Crippen MR) is 82.1 cm³/mol. The van der Waals surface area contributed by atoms with Crippen molar-refractivity contribution >= 4 is 15.9 Å². The van der Waals surface area contributed by atoms with Crippen LogP contribution >= 0.6 is 15.9 Å². The van der Waals surface area contributed by atoms with Crippen LogP contribution in [0.4, 0.5) is 8.78 Å². The summed E-state index contributed by atoms with van der Waals surface area (Å²) in [6.45, 7) is 2.36. The second kappa shape index (κ2) is 5.76. The van der Waals surface area contributed by atoms with Crippen LogP contribution in [0.15, 0.2) is 30.3 Å². The molecule has 0 aliphatic carbocycles. The number of hydrogen-bond acceptors (Lipinski definition) is 1. The van der Waals surface area contributed by atoms with Crippen LogP contribution in [0.1, 0.15) is 33.5 Å². The number of ether oxygens (including phenoxy) is 1. The van der Waals surface area contributed by atoms with Crippen LogP contribution in [0.2, 0.25) is 0 Å². The molecule has 0 saturated carbocycles. The monoisotopic (exact) mass is 352 g/mol. The Morgan fingerprint density at radius 3 is 2.81 bits per heavy atom. The Bertz CT molecular complexity index is 685. The topological polar surface area (TPSA) is 9.23 Å². The largest absolute Gasteiger partial charge is 0.493 e. The summed E-state index contributed by atoms with van der Waals surface area (Å²) in [4.78, 5) is -0.510. The van der Waals surface area contributed by atoms with Crippen LogP contribution in [0.25, 0.3) is 0 Å². The van der Waals surface area contributed by atoms with Crippen molar-refractivity contribution < 1.29 is 13.5 Å². The second-order valence-electron chi connectivity index (χ2n) is 5.27. The molecule has 1 atom stereocenters. The average molecular weight is 353 g/mol. The van der Waals surface area contributed by atoms with Crippen molar-refractivity contribution in [3.8, 4) is 5.75 Å². The first kappa shape index (κ1) is 14.5. The minimum atomic E-state index is -0.533. The lowest BCUT2D eigenvalue weighted by Gasteiger charge is -2.20. The Morgan fingerprint density at radius 1 is 1.19 bits per heavy atom. The van der Waals surface area contributed by atoms with Gasteiger partial charge in [0.2, 0.25) is 0 Å². The van der Waals surface area contributed by atoms with Gasteiger partial charge < -0.3 is 4.74 Å². The standard InChI is InChI=1S/C17H15BrF2O/c1-10-4-6-13(19)15(17(10)20)16(18)12-5-7-14-11(9-12)3-2-8-21-14/h4-7,9,16H,2-3,8H2,1H3. The lowest BCUT2D eigenvalue weighted by Crippen LogP contribution is -2.09. The summed E-state index contributed by atoms with van der Waals surface area (Å²) in [5, 5.41) is 0. The fourth-order valence-corrected chi connectivity index (χ4v) is 3.32. The fraction of sp³-hybridized carbons (Fsp3) is 0.294. The minimum absolute atomic E-state index is 0.0617. The Hall–Kier alpha value is -1.42.